The highest BCUT2D eigenvalue weighted by Gasteiger charge is 2.66. The van der Waals surface area contributed by atoms with Crippen LogP contribution >= 0.6 is 0 Å². The monoisotopic (exact) mass is 283 g/mol. The van der Waals surface area contributed by atoms with Crippen molar-refractivity contribution in [1.29, 1.82) is 0 Å². The molecule has 4 fully saturated rings. The van der Waals surface area contributed by atoms with Crippen LogP contribution in [0.5, 0.6) is 5.75 Å². The molecule has 1 aromatic rings. The van der Waals surface area contributed by atoms with E-state index in [4.69, 9.17) is 4.74 Å². The second-order valence-electron chi connectivity index (χ2n) is 7.72. The number of ether oxygens (including phenoxy) is 1. The lowest BCUT2D eigenvalue weighted by Crippen LogP contribution is -2.21. The van der Waals surface area contributed by atoms with Gasteiger partial charge in [-0.3, -0.25) is 0 Å². The summed E-state index contributed by atoms with van der Waals surface area (Å²) in [4.78, 5) is 0. The molecular formula is C19H25NO. The Balaban J connectivity index is 1.33. The number of hydrogen-bond acceptors (Lipinski definition) is 2. The van der Waals surface area contributed by atoms with Crippen molar-refractivity contribution >= 4 is 0 Å². The molecule has 2 nitrogen and oxygen atoms in total. The lowest BCUT2D eigenvalue weighted by Gasteiger charge is -2.21. The maximum Gasteiger partial charge on any atom is 0.119 e. The molecule has 1 aromatic carbocycles. The lowest BCUT2D eigenvalue weighted by atomic mass is 9.93. The lowest BCUT2D eigenvalue weighted by molar-refractivity contribution is 0.303. The van der Waals surface area contributed by atoms with E-state index >= 15 is 0 Å². The fourth-order valence-corrected chi connectivity index (χ4v) is 5.55. The summed E-state index contributed by atoms with van der Waals surface area (Å²) >= 11 is 0. The predicted octanol–water partition coefficient (Wildman–Crippen LogP) is 3.78. The molecule has 5 unspecified atom stereocenters. The van der Waals surface area contributed by atoms with E-state index in [9.17, 15) is 0 Å². The van der Waals surface area contributed by atoms with E-state index < -0.39 is 0 Å². The molecule has 2 bridgehead atoms. The summed E-state index contributed by atoms with van der Waals surface area (Å²) in [7, 11) is 2.13. The highest BCUT2D eigenvalue weighted by Crippen LogP contribution is 2.72. The van der Waals surface area contributed by atoms with E-state index in [-0.39, 0.29) is 0 Å². The first-order valence-corrected chi connectivity index (χ1v) is 8.79. The van der Waals surface area contributed by atoms with E-state index in [0.717, 1.165) is 35.3 Å². The van der Waals surface area contributed by atoms with Crippen molar-refractivity contribution < 1.29 is 4.74 Å². The number of benzene rings is 1. The van der Waals surface area contributed by atoms with Crippen LogP contribution in [0.1, 0.15) is 43.7 Å². The average Bonchev–Trinajstić information content (AvgIpc) is 3.39. The molecule has 4 aliphatic carbocycles. The van der Waals surface area contributed by atoms with Gasteiger partial charge in [-0.15, -0.1) is 0 Å². The Morgan fingerprint density at radius 1 is 1.00 bits per heavy atom. The van der Waals surface area contributed by atoms with Gasteiger partial charge in [0, 0.05) is 6.04 Å². The second kappa shape index (κ2) is 4.49. The first-order chi connectivity index (χ1) is 10.3. The van der Waals surface area contributed by atoms with Gasteiger partial charge < -0.3 is 10.1 Å². The van der Waals surface area contributed by atoms with Gasteiger partial charge in [-0.1, -0.05) is 12.1 Å². The van der Waals surface area contributed by atoms with Gasteiger partial charge in [0.1, 0.15) is 5.75 Å². The summed E-state index contributed by atoms with van der Waals surface area (Å²) in [6, 6.07) is 9.47. The zero-order valence-electron chi connectivity index (χ0n) is 12.8. The third-order valence-corrected chi connectivity index (χ3v) is 6.56. The minimum absolute atomic E-state index is 0.495. The average molecular weight is 283 g/mol. The van der Waals surface area contributed by atoms with Crippen molar-refractivity contribution in [2.75, 3.05) is 7.05 Å². The molecule has 5 rings (SSSR count). The molecule has 0 aromatic heterocycles. The van der Waals surface area contributed by atoms with Gasteiger partial charge in [-0.2, -0.15) is 0 Å². The molecule has 0 spiro atoms. The summed E-state index contributed by atoms with van der Waals surface area (Å²) in [5.41, 5.74) is 1.46. The summed E-state index contributed by atoms with van der Waals surface area (Å²) in [5.74, 6) is 6.12. The Kier molecular flexibility index (Phi) is 2.67. The molecule has 0 aliphatic heterocycles. The zero-order valence-corrected chi connectivity index (χ0v) is 12.8. The van der Waals surface area contributed by atoms with Crippen LogP contribution in [0, 0.1) is 29.6 Å². The minimum Gasteiger partial charge on any atom is -0.490 e. The summed E-state index contributed by atoms with van der Waals surface area (Å²) < 4.78 is 5.87. The van der Waals surface area contributed by atoms with Gasteiger partial charge in [0.15, 0.2) is 0 Å². The van der Waals surface area contributed by atoms with Crippen LogP contribution < -0.4 is 10.1 Å². The van der Waals surface area contributed by atoms with Crippen molar-refractivity contribution in [3.63, 3.8) is 0 Å². The maximum absolute atomic E-state index is 5.87. The van der Waals surface area contributed by atoms with Gasteiger partial charge >= 0.3 is 0 Å². The Bertz CT molecular complexity index is 519. The van der Waals surface area contributed by atoms with E-state index in [1.54, 1.807) is 0 Å². The quantitative estimate of drug-likeness (QED) is 0.888. The van der Waals surface area contributed by atoms with Crippen molar-refractivity contribution in [1.82, 2.24) is 5.32 Å². The van der Waals surface area contributed by atoms with Gasteiger partial charge in [0.05, 0.1) is 6.10 Å². The molecule has 0 saturated heterocycles. The third kappa shape index (κ3) is 1.95. The highest BCUT2D eigenvalue weighted by molar-refractivity contribution is 5.32. The molecule has 2 heteroatoms. The molecular weight excluding hydrogens is 258 g/mol. The van der Waals surface area contributed by atoms with Crippen molar-refractivity contribution in [2.45, 2.75) is 44.2 Å². The minimum atomic E-state index is 0.495. The number of fused-ring (bicyclic) bond motifs is 5. The molecule has 21 heavy (non-hydrogen) atoms. The van der Waals surface area contributed by atoms with Crippen molar-refractivity contribution in [3.8, 4) is 5.75 Å². The normalized spacial score (nSPS) is 40.9. The first kappa shape index (κ1) is 12.5. The molecule has 4 saturated carbocycles. The Hall–Kier alpha value is -1.02. The van der Waals surface area contributed by atoms with Crippen LogP contribution in [0.25, 0.3) is 0 Å². The topological polar surface area (TPSA) is 21.3 Å². The number of nitrogens with one attached hydrogen (secondary N) is 1. The second-order valence-corrected chi connectivity index (χ2v) is 7.72. The van der Waals surface area contributed by atoms with Crippen LogP contribution in [0.2, 0.25) is 0 Å². The molecule has 5 atom stereocenters. The van der Waals surface area contributed by atoms with E-state index in [0.29, 0.717) is 12.1 Å². The molecule has 0 radical (unpaired) electrons. The molecule has 1 N–H and O–H groups in total. The summed E-state index contributed by atoms with van der Waals surface area (Å²) in [6.45, 7) is 0. The largest absolute Gasteiger partial charge is 0.490 e. The summed E-state index contributed by atoms with van der Waals surface area (Å²) in [5, 5.41) is 3.61. The van der Waals surface area contributed by atoms with E-state index in [1.807, 2.05) is 0 Å². The van der Waals surface area contributed by atoms with Gasteiger partial charge in [0.2, 0.25) is 0 Å². The van der Waals surface area contributed by atoms with Crippen LogP contribution in [0.15, 0.2) is 24.3 Å². The van der Waals surface area contributed by atoms with Gasteiger partial charge in [-0.05, 0) is 86.4 Å². The fourth-order valence-electron chi connectivity index (χ4n) is 5.55. The summed E-state index contributed by atoms with van der Waals surface area (Å²) in [6.07, 6.45) is 7.51. The molecule has 112 valence electrons. The Morgan fingerprint density at radius 3 is 2.24 bits per heavy atom. The SMILES string of the molecule is CNC(c1ccc(OC2CC2)cc1)C1C2C3CCC(C3)C21. The fraction of sp³-hybridized carbons (Fsp3) is 0.684. The van der Waals surface area contributed by atoms with Crippen LogP contribution in [0.4, 0.5) is 0 Å². The smallest absolute Gasteiger partial charge is 0.119 e. The van der Waals surface area contributed by atoms with E-state index in [1.165, 1.54) is 37.7 Å². The standard InChI is InChI=1S/C19H25NO/c1-20-19(18-16-12-2-3-13(10-12)17(16)18)11-4-6-14(7-5-11)21-15-8-9-15/h4-7,12-13,15-20H,2-3,8-10H2,1H3. The molecule has 0 heterocycles. The zero-order chi connectivity index (χ0) is 14.0. The highest BCUT2D eigenvalue weighted by atomic mass is 16.5. The van der Waals surface area contributed by atoms with Crippen LogP contribution in [-0.4, -0.2) is 13.2 Å². The number of hydrogen-bond donors (Lipinski definition) is 1. The van der Waals surface area contributed by atoms with Crippen molar-refractivity contribution in [2.24, 2.45) is 29.6 Å². The predicted molar refractivity (Wildman–Crippen MR) is 83.2 cm³/mol. The number of rotatable bonds is 5. The Labute approximate surface area is 127 Å². The van der Waals surface area contributed by atoms with Crippen molar-refractivity contribution in [3.05, 3.63) is 29.8 Å². The first-order valence-electron chi connectivity index (χ1n) is 8.79. The van der Waals surface area contributed by atoms with E-state index in [2.05, 4.69) is 36.6 Å². The van der Waals surface area contributed by atoms with Crippen LogP contribution in [-0.2, 0) is 0 Å². The van der Waals surface area contributed by atoms with Gasteiger partial charge in [0.25, 0.3) is 0 Å². The van der Waals surface area contributed by atoms with Gasteiger partial charge in [-0.25, -0.2) is 0 Å². The molecule has 0 amide bonds. The maximum atomic E-state index is 5.87. The third-order valence-electron chi connectivity index (χ3n) is 6.56. The Morgan fingerprint density at radius 2 is 1.67 bits per heavy atom. The molecule has 4 aliphatic rings. The van der Waals surface area contributed by atoms with Crippen LogP contribution in [0.3, 0.4) is 0 Å².